The summed E-state index contributed by atoms with van der Waals surface area (Å²) in [6.45, 7) is 3.93. The van der Waals surface area contributed by atoms with E-state index in [1.54, 1.807) is 18.2 Å². The van der Waals surface area contributed by atoms with Crippen molar-refractivity contribution in [2.45, 2.75) is 13.8 Å². The molecule has 0 N–H and O–H groups in total. The van der Waals surface area contributed by atoms with Gasteiger partial charge in [-0.3, -0.25) is 0 Å². The summed E-state index contributed by atoms with van der Waals surface area (Å²) in [6.07, 6.45) is 0. The van der Waals surface area contributed by atoms with Gasteiger partial charge in [-0.1, -0.05) is 59.7 Å². The zero-order valence-corrected chi connectivity index (χ0v) is 18.7. The molecule has 0 amide bonds. The van der Waals surface area contributed by atoms with Gasteiger partial charge in [0.15, 0.2) is 18.6 Å². The number of hydrogen-bond donors (Lipinski definition) is 0. The molecule has 6 heteroatoms. The summed E-state index contributed by atoms with van der Waals surface area (Å²) >= 11 is 0. The van der Waals surface area contributed by atoms with Crippen LogP contribution in [0.15, 0.2) is 75.9 Å². The van der Waals surface area contributed by atoms with Gasteiger partial charge in [0.05, 0.1) is 14.2 Å². The van der Waals surface area contributed by atoms with Crippen molar-refractivity contribution in [3.63, 3.8) is 0 Å². The van der Waals surface area contributed by atoms with E-state index >= 15 is 0 Å². The Bertz CT molecular complexity index is 1300. The molecule has 0 fully saturated rings. The molecule has 3 aromatic carbocycles. The number of benzene rings is 3. The van der Waals surface area contributed by atoms with Crippen molar-refractivity contribution >= 4 is 34.0 Å². The molecule has 0 radical (unpaired) electrons. The minimum Gasteiger partial charge on any atom is -0.493 e. The van der Waals surface area contributed by atoms with Gasteiger partial charge in [0, 0.05) is 22.1 Å². The quantitative estimate of drug-likeness (QED) is 0.350. The van der Waals surface area contributed by atoms with Crippen molar-refractivity contribution in [3.8, 4) is 11.5 Å². The fraction of sp³-hybridized carbons (Fsp3) is 0.160. The molecule has 0 unspecified atom stereocenters. The molecule has 5 nitrogen and oxygen atoms in total. The van der Waals surface area contributed by atoms with Crippen LogP contribution in [0.2, 0.25) is 0 Å². The normalized spacial score (nSPS) is 11.5. The van der Waals surface area contributed by atoms with Crippen LogP contribution in [0.1, 0.15) is 11.1 Å². The molecule has 0 aliphatic carbocycles. The highest BCUT2D eigenvalue weighted by atomic mass is 31.2. The maximum Gasteiger partial charge on any atom is 0.347 e. The van der Waals surface area contributed by atoms with Crippen molar-refractivity contribution in [1.29, 1.82) is 0 Å². The van der Waals surface area contributed by atoms with Crippen molar-refractivity contribution in [2.24, 2.45) is 0 Å². The number of hydrogen-bond acceptors (Lipinski definition) is 5. The molecule has 0 bridgehead atoms. The van der Waals surface area contributed by atoms with Gasteiger partial charge >= 0.3 is 5.63 Å². The molecule has 4 aromatic rings. The highest BCUT2D eigenvalue weighted by Crippen LogP contribution is 2.42. The lowest BCUT2D eigenvalue weighted by Gasteiger charge is -2.19. The fourth-order valence-electron chi connectivity index (χ4n) is 3.59. The Morgan fingerprint density at radius 2 is 1.23 bits per heavy atom. The van der Waals surface area contributed by atoms with Crippen molar-refractivity contribution in [1.82, 2.24) is 0 Å². The first kappa shape index (κ1) is 21.0. The van der Waals surface area contributed by atoms with Gasteiger partial charge in [0.2, 0.25) is 0 Å². The van der Waals surface area contributed by atoms with Gasteiger partial charge in [-0.15, -0.1) is 0 Å². The van der Waals surface area contributed by atoms with Crippen LogP contribution in [0.25, 0.3) is 11.0 Å². The summed E-state index contributed by atoms with van der Waals surface area (Å²) in [5, 5.41) is 1.88. The van der Waals surface area contributed by atoms with E-state index < -0.39 is 12.8 Å². The molecular weight excluding hydrogens is 411 g/mol. The number of ether oxygens (including phenoxy) is 2. The molecule has 0 aliphatic rings. The second kappa shape index (κ2) is 8.09. The first-order valence-corrected chi connectivity index (χ1v) is 11.5. The molecule has 0 saturated carbocycles. The molecular formula is C25H23O5P. The molecule has 1 aromatic heterocycles. The van der Waals surface area contributed by atoms with Crippen molar-refractivity contribution in [3.05, 3.63) is 88.3 Å². The minimum atomic E-state index is -3.48. The van der Waals surface area contributed by atoms with Crippen LogP contribution in [0.3, 0.4) is 0 Å². The molecule has 158 valence electrons. The first-order chi connectivity index (χ1) is 14.9. The summed E-state index contributed by atoms with van der Waals surface area (Å²) in [4.78, 5) is 13.1. The third kappa shape index (κ3) is 3.66. The largest absolute Gasteiger partial charge is 0.493 e. The van der Waals surface area contributed by atoms with E-state index in [0.717, 1.165) is 11.1 Å². The van der Waals surface area contributed by atoms with Crippen LogP contribution in [-0.4, -0.2) is 14.2 Å². The second-order valence-corrected chi connectivity index (χ2v) is 10.2. The second-order valence-electron chi connectivity index (χ2n) is 7.44. The molecule has 0 aliphatic heterocycles. The number of fused-ring (bicyclic) bond motifs is 1. The zero-order valence-electron chi connectivity index (χ0n) is 17.8. The van der Waals surface area contributed by atoms with Crippen LogP contribution in [0.5, 0.6) is 11.5 Å². The summed E-state index contributed by atoms with van der Waals surface area (Å²) in [6, 6.07) is 19.8. The molecule has 1 heterocycles. The first-order valence-electron chi connectivity index (χ1n) is 9.82. The lowest BCUT2D eigenvalue weighted by molar-refractivity contribution is 0.355. The van der Waals surface area contributed by atoms with E-state index in [1.807, 2.05) is 62.4 Å². The molecule has 0 spiro atoms. The van der Waals surface area contributed by atoms with E-state index in [-0.39, 0.29) is 5.30 Å². The monoisotopic (exact) mass is 434 g/mol. The Labute approximate surface area is 180 Å². The van der Waals surface area contributed by atoms with Crippen LogP contribution >= 0.6 is 7.14 Å². The van der Waals surface area contributed by atoms with Gasteiger partial charge < -0.3 is 18.5 Å². The molecule has 4 rings (SSSR count). The number of aryl methyl sites for hydroxylation is 2. The molecule has 31 heavy (non-hydrogen) atoms. The predicted octanol–water partition coefficient (Wildman–Crippen LogP) is 4.07. The Balaban J connectivity index is 2.04. The Morgan fingerprint density at radius 3 is 1.71 bits per heavy atom. The van der Waals surface area contributed by atoms with E-state index in [1.165, 1.54) is 14.2 Å². The Kier molecular flexibility index (Phi) is 5.47. The van der Waals surface area contributed by atoms with Crippen molar-refractivity contribution in [2.75, 3.05) is 14.2 Å². The van der Waals surface area contributed by atoms with Crippen LogP contribution < -0.4 is 31.0 Å². The number of rotatable bonds is 5. The summed E-state index contributed by atoms with van der Waals surface area (Å²) in [5.41, 5.74) is 1.79. The average Bonchev–Trinajstić information content (AvgIpc) is 2.78. The Morgan fingerprint density at radius 1 is 0.742 bits per heavy atom. The third-order valence-electron chi connectivity index (χ3n) is 5.35. The van der Waals surface area contributed by atoms with Gasteiger partial charge in [0.1, 0.15) is 10.9 Å². The SMILES string of the molecule is COc1cc2cc(P(=O)(c3ccc(C)cc3)c3ccc(C)cc3)c(=O)oc2cc1OC. The predicted molar refractivity (Wildman–Crippen MR) is 124 cm³/mol. The van der Waals surface area contributed by atoms with Crippen molar-refractivity contribution < 1.29 is 18.5 Å². The standard InChI is InChI=1S/C25H23O5P/c1-16-5-9-19(10-6-16)31(27,20-11-7-17(2)8-12-20)24-14-18-13-22(28-3)23(29-4)15-21(18)30-25(24)26/h5-15H,1-4H3. The highest BCUT2D eigenvalue weighted by Gasteiger charge is 2.33. The van der Waals surface area contributed by atoms with E-state index in [4.69, 9.17) is 13.9 Å². The minimum absolute atomic E-state index is 0.125. The van der Waals surface area contributed by atoms with Gasteiger partial charge in [-0.25, -0.2) is 4.79 Å². The number of methoxy groups -OCH3 is 2. The lowest BCUT2D eigenvalue weighted by atomic mass is 10.2. The van der Waals surface area contributed by atoms with Gasteiger partial charge in [-0.2, -0.15) is 0 Å². The fourth-order valence-corrected chi connectivity index (χ4v) is 6.21. The highest BCUT2D eigenvalue weighted by molar-refractivity contribution is 7.85. The average molecular weight is 434 g/mol. The molecule has 0 atom stereocenters. The van der Waals surface area contributed by atoms with Crippen LogP contribution in [0, 0.1) is 13.8 Å². The zero-order chi connectivity index (χ0) is 22.2. The summed E-state index contributed by atoms with van der Waals surface area (Å²) < 4.78 is 31.0. The third-order valence-corrected chi connectivity index (χ3v) is 8.40. The Hall–Kier alpha value is -3.30. The summed E-state index contributed by atoms with van der Waals surface area (Å²) in [7, 11) is -0.431. The lowest BCUT2D eigenvalue weighted by Crippen LogP contribution is -2.33. The van der Waals surface area contributed by atoms with Gasteiger partial charge in [0.25, 0.3) is 0 Å². The van der Waals surface area contributed by atoms with E-state index in [0.29, 0.717) is 33.1 Å². The molecule has 0 saturated heterocycles. The summed E-state index contributed by atoms with van der Waals surface area (Å²) in [5.74, 6) is 0.946. The topological polar surface area (TPSA) is 65.7 Å². The van der Waals surface area contributed by atoms with E-state index in [2.05, 4.69) is 0 Å². The van der Waals surface area contributed by atoms with Crippen LogP contribution in [0.4, 0.5) is 0 Å². The smallest absolute Gasteiger partial charge is 0.347 e. The maximum absolute atomic E-state index is 14.7. The van der Waals surface area contributed by atoms with Gasteiger partial charge in [-0.05, 0) is 26.0 Å². The van der Waals surface area contributed by atoms with Crippen LogP contribution in [-0.2, 0) is 4.57 Å². The van der Waals surface area contributed by atoms with E-state index in [9.17, 15) is 9.36 Å². The maximum atomic E-state index is 14.7.